The maximum atomic E-state index is 13.3. The van der Waals surface area contributed by atoms with E-state index in [4.69, 9.17) is 0 Å². The largest absolute Gasteiger partial charge is 0.317 e. The van der Waals surface area contributed by atoms with Gasteiger partial charge in [0.15, 0.2) is 0 Å². The highest BCUT2D eigenvalue weighted by Crippen LogP contribution is 2.11. The number of hydrogen-bond acceptors (Lipinski definition) is 1. The molecule has 0 fully saturated rings. The number of nitrogens with one attached hydrogen (secondary N) is 1. The third-order valence-corrected chi connectivity index (χ3v) is 2.25. The quantitative estimate of drug-likeness (QED) is 0.712. The van der Waals surface area contributed by atoms with E-state index in [0.29, 0.717) is 0 Å². The molecule has 1 nitrogen and oxygen atoms in total. The molecule has 0 aliphatic rings. The Balaban J connectivity index is 2.45. The van der Waals surface area contributed by atoms with Crippen molar-refractivity contribution in [2.24, 2.45) is 0 Å². The summed E-state index contributed by atoms with van der Waals surface area (Å²) >= 11 is 0. The molecule has 2 heteroatoms. The molecule has 0 amide bonds. The van der Waals surface area contributed by atoms with Crippen LogP contribution in [0.25, 0.3) is 0 Å². The van der Waals surface area contributed by atoms with Crippen LogP contribution < -0.4 is 5.32 Å². The average molecular weight is 195 g/mol. The van der Waals surface area contributed by atoms with Crippen LogP contribution in [0.4, 0.5) is 4.39 Å². The molecule has 78 valence electrons. The van der Waals surface area contributed by atoms with Crippen LogP contribution in [0.15, 0.2) is 18.2 Å². The fourth-order valence-corrected chi connectivity index (χ4v) is 1.48. The van der Waals surface area contributed by atoms with Crippen LogP contribution in [0.3, 0.4) is 0 Å². The van der Waals surface area contributed by atoms with Crippen molar-refractivity contribution in [1.29, 1.82) is 0 Å². The Hall–Kier alpha value is -0.890. The third kappa shape index (κ3) is 3.46. The minimum absolute atomic E-state index is 0.0768. The first-order chi connectivity index (χ1) is 6.74. The molecule has 0 atom stereocenters. The fraction of sp³-hybridized carbons (Fsp3) is 0.500. The Morgan fingerprint density at radius 2 is 2.14 bits per heavy atom. The highest BCUT2D eigenvalue weighted by atomic mass is 19.1. The van der Waals surface area contributed by atoms with Crippen molar-refractivity contribution in [3.05, 3.63) is 35.1 Å². The summed E-state index contributed by atoms with van der Waals surface area (Å²) in [4.78, 5) is 0. The SMILES string of the molecule is CCNCCCc1cc(C)ccc1F. The highest BCUT2D eigenvalue weighted by Gasteiger charge is 2.01. The Kier molecular flexibility index (Phi) is 4.60. The lowest BCUT2D eigenvalue weighted by molar-refractivity contribution is 0.596. The summed E-state index contributed by atoms with van der Waals surface area (Å²) in [5, 5.41) is 3.23. The minimum Gasteiger partial charge on any atom is -0.317 e. The predicted octanol–water partition coefficient (Wildman–Crippen LogP) is 2.68. The van der Waals surface area contributed by atoms with Crippen molar-refractivity contribution in [3.8, 4) is 0 Å². The van der Waals surface area contributed by atoms with E-state index in [1.807, 2.05) is 19.1 Å². The van der Waals surface area contributed by atoms with Gasteiger partial charge < -0.3 is 5.32 Å². The first-order valence-electron chi connectivity index (χ1n) is 5.19. The van der Waals surface area contributed by atoms with Crippen molar-refractivity contribution in [2.75, 3.05) is 13.1 Å². The molecule has 1 rings (SSSR count). The molecule has 0 aromatic heterocycles. The maximum absolute atomic E-state index is 13.3. The Morgan fingerprint density at radius 3 is 2.86 bits per heavy atom. The lowest BCUT2D eigenvalue weighted by Crippen LogP contribution is -2.14. The van der Waals surface area contributed by atoms with Crippen molar-refractivity contribution < 1.29 is 4.39 Å². The molecule has 0 spiro atoms. The van der Waals surface area contributed by atoms with Crippen LogP contribution in [0.5, 0.6) is 0 Å². The van der Waals surface area contributed by atoms with Crippen LogP contribution in [0.1, 0.15) is 24.5 Å². The first-order valence-corrected chi connectivity index (χ1v) is 5.19. The van der Waals surface area contributed by atoms with E-state index in [2.05, 4.69) is 12.2 Å². The van der Waals surface area contributed by atoms with E-state index >= 15 is 0 Å². The van der Waals surface area contributed by atoms with Gasteiger partial charge in [-0.25, -0.2) is 4.39 Å². The summed E-state index contributed by atoms with van der Waals surface area (Å²) in [7, 11) is 0. The molecule has 0 heterocycles. The minimum atomic E-state index is -0.0768. The van der Waals surface area contributed by atoms with Gasteiger partial charge in [-0.2, -0.15) is 0 Å². The summed E-state index contributed by atoms with van der Waals surface area (Å²) in [5.41, 5.74) is 1.97. The highest BCUT2D eigenvalue weighted by molar-refractivity contribution is 5.24. The van der Waals surface area contributed by atoms with E-state index < -0.39 is 0 Å². The van der Waals surface area contributed by atoms with Crippen LogP contribution in [-0.2, 0) is 6.42 Å². The van der Waals surface area contributed by atoms with Gasteiger partial charge in [0.2, 0.25) is 0 Å². The van der Waals surface area contributed by atoms with Gasteiger partial charge in [0.25, 0.3) is 0 Å². The van der Waals surface area contributed by atoms with Gasteiger partial charge in [0.1, 0.15) is 5.82 Å². The zero-order valence-corrected chi connectivity index (χ0v) is 8.94. The number of aryl methyl sites for hydroxylation is 2. The van der Waals surface area contributed by atoms with Gasteiger partial charge in [0, 0.05) is 0 Å². The van der Waals surface area contributed by atoms with Crippen molar-refractivity contribution >= 4 is 0 Å². The average Bonchev–Trinajstić information content (AvgIpc) is 2.18. The van der Waals surface area contributed by atoms with Crippen molar-refractivity contribution in [1.82, 2.24) is 5.32 Å². The topological polar surface area (TPSA) is 12.0 Å². The first kappa shape index (κ1) is 11.2. The molecule has 0 saturated heterocycles. The van der Waals surface area contributed by atoms with Crippen LogP contribution >= 0.6 is 0 Å². The molecule has 1 aromatic carbocycles. The van der Waals surface area contributed by atoms with Gasteiger partial charge in [-0.15, -0.1) is 0 Å². The van der Waals surface area contributed by atoms with Crippen molar-refractivity contribution in [2.45, 2.75) is 26.7 Å². The van der Waals surface area contributed by atoms with Gasteiger partial charge in [-0.3, -0.25) is 0 Å². The maximum Gasteiger partial charge on any atom is 0.126 e. The summed E-state index contributed by atoms with van der Waals surface area (Å²) < 4.78 is 13.3. The fourth-order valence-electron chi connectivity index (χ4n) is 1.48. The molecule has 0 saturated carbocycles. The Bertz CT molecular complexity index is 284. The van der Waals surface area contributed by atoms with Crippen molar-refractivity contribution in [3.63, 3.8) is 0 Å². The molecule has 0 unspecified atom stereocenters. The number of halogens is 1. The molecule has 14 heavy (non-hydrogen) atoms. The van der Waals surface area contributed by atoms with E-state index in [1.54, 1.807) is 6.07 Å². The summed E-state index contributed by atoms with van der Waals surface area (Å²) in [6.45, 7) is 6.01. The molecule has 1 N–H and O–H groups in total. The normalized spacial score (nSPS) is 10.5. The number of hydrogen-bond donors (Lipinski definition) is 1. The third-order valence-electron chi connectivity index (χ3n) is 2.25. The molecule has 1 aromatic rings. The zero-order chi connectivity index (χ0) is 10.4. The van der Waals surface area contributed by atoms with E-state index in [9.17, 15) is 4.39 Å². The Labute approximate surface area is 85.3 Å². The Morgan fingerprint density at radius 1 is 1.36 bits per heavy atom. The lowest BCUT2D eigenvalue weighted by Gasteiger charge is -2.04. The van der Waals surface area contributed by atoms with Crippen LogP contribution in [0, 0.1) is 12.7 Å². The zero-order valence-electron chi connectivity index (χ0n) is 8.94. The monoisotopic (exact) mass is 195 g/mol. The van der Waals surface area contributed by atoms with Gasteiger partial charge in [0.05, 0.1) is 0 Å². The molecule has 0 aliphatic carbocycles. The molecule has 0 aliphatic heterocycles. The predicted molar refractivity (Wildman–Crippen MR) is 58.0 cm³/mol. The van der Waals surface area contributed by atoms with E-state index in [-0.39, 0.29) is 5.82 Å². The molecule has 0 bridgehead atoms. The van der Waals surface area contributed by atoms with E-state index in [1.165, 1.54) is 0 Å². The van der Waals surface area contributed by atoms with Gasteiger partial charge in [-0.1, -0.05) is 24.6 Å². The molecule has 0 radical (unpaired) electrons. The summed E-state index contributed by atoms with van der Waals surface area (Å²) in [6, 6.07) is 5.29. The van der Waals surface area contributed by atoms with Crippen LogP contribution in [-0.4, -0.2) is 13.1 Å². The smallest absolute Gasteiger partial charge is 0.126 e. The molecular formula is C12H18FN. The van der Waals surface area contributed by atoms with Gasteiger partial charge >= 0.3 is 0 Å². The van der Waals surface area contributed by atoms with Crippen LogP contribution in [0.2, 0.25) is 0 Å². The molecular weight excluding hydrogens is 177 g/mol. The van der Waals surface area contributed by atoms with E-state index in [0.717, 1.165) is 37.1 Å². The standard InChI is InChI=1S/C12H18FN/c1-3-14-8-4-5-11-9-10(2)6-7-12(11)13/h6-7,9,14H,3-5,8H2,1-2H3. The van der Waals surface area contributed by atoms with Gasteiger partial charge in [-0.05, 0) is 44.5 Å². The second-order valence-corrected chi connectivity index (χ2v) is 3.55. The lowest BCUT2D eigenvalue weighted by atomic mass is 10.1. The summed E-state index contributed by atoms with van der Waals surface area (Å²) in [6.07, 6.45) is 1.81. The number of rotatable bonds is 5. The second kappa shape index (κ2) is 5.76. The second-order valence-electron chi connectivity index (χ2n) is 3.55. The summed E-state index contributed by atoms with van der Waals surface area (Å²) in [5.74, 6) is -0.0768. The number of benzene rings is 1.